The summed E-state index contributed by atoms with van der Waals surface area (Å²) in [5.74, 6) is 0. The van der Waals surface area contributed by atoms with Gasteiger partial charge in [-0.2, -0.15) is 0 Å². The van der Waals surface area contributed by atoms with Gasteiger partial charge in [-0.25, -0.2) is 0 Å². The molecular formula is C54H47N. The number of rotatable bonds is 4. The molecule has 0 spiro atoms. The molecule has 1 nitrogen and oxygen atoms in total. The van der Waals surface area contributed by atoms with Crippen LogP contribution in [0.5, 0.6) is 0 Å². The minimum Gasteiger partial charge on any atom is -0.310 e. The van der Waals surface area contributed by atoms with Crippen LogP contribution in [0, 0.1) is 0 Å². The van der Waals surface area contributed by atoms with Gasteiger partial charge in [0.05, 0.1) is 5.69 Å². The van der Waals surface area contributed by atoms with Gasteiger partial charge in [-0.3, -0.25) is 0 Å². The zero-order valence-corrected chi connectivity index (χ0v) is 33.0. The van der Waals surface area contributed by atoms with Crippen molar-refractivity contribution in [3.05, 3.63) is 186 Å². The molecule has 0 heterocycles. The Hall–Kier alpha value is -5.92. The zero-order valence-electron chi connectivity index (χ0n) is 33.0. The van der Waals surface area contributed by atoms with Crippen LogP contribution in [-0.4, -0.2) is 0 Å². The van der Waals surface area contributed by atoms with E-state index < -0.39 is 0 Å². The van der Waals surface area contributed by atoms with Crippen molar-refractivity contribution in [1.82, 2.24) is 0 Å². The van der Waals surface area contributed by atoms with Gasteiger partial charge in [0.1, 0.15) is 0 Å². The standard InChI is InChI=1S/C54H47N/c1-52(2,3)48-46-42-20-12-14-22-44(42)53(4,5)49(46)51(50-47(48)43-21-13-15-23-45(43)54(50,6)7)55(41-31-28-35-17-9-11-19-38(35)33-41)40-29-26-36(27-30-40)39-25-24-34-16-8-10-18-37(34)32-39/h8-33H,1-7H3. The lowest BCUT2D eigenvalue weighted by Gasteiger charge is -2.39. The average molecular weight is 710 g/mol. The van der Waals surface area contributed by atoms with Crippen LogP contribution in [0.3, 0.4) is 0 Å². The van der Waals surface area contributed by atoms with E-state index in [4.69, 9.17) is 0 Å². The first-order chi connectivity index (χ1) is 26.4. The third-order valence-electron chi connectivity index (χ3n) is 12.6. The van der Waals surface area contributed by atoms with Gasteiger partial charge < -0.3 is 4.90 Å². The van der Waals surface area contributed by atoms with Crippen LogP contribution in [0.1, 0.15) is 76.3 Å². The highest BCUT2D eigenvalue weighted by molar-refractivity contribution is 6.04. The molecule has 10 rings (SSSR count). The van der Waals surface area contributed by atoms with E-state index in [1.807, 2.05) is 0 Å². The normalized spacial score (nSPS) is 14.7. The molecule has 55 heavy (non-hydrogen) atoms. The predicted octanol–water partition coefficient (Wildman–Crippen LogP) is 15.0. The Bertz CT molecular complexity index is 2760. The SMILES string of the molecule is CC(C)(C)c1c2c(c(N(c3ccc(-c4ccc5ccccc5c4)cc3)c3ccc4ccccc4c3)c3c1-c1ccccc1C3(C)C)C(C)(C)c1ccccc1-2. The van der Waals surface area contributed by atoms with Crippen molar-refractivity contribution < 1.29 is 0 Å². The Morgan fingerprint density at radius 2 is 0.855 bits per heavy atom. The van der Waals surface area contributed by atoms with Gasteiger partial charge in [0.2, 0.25) is 0 Å². The molecule has 0 amide bonds. The molecule has 0 saturated carbocycles. The van der Waals surface area contributed by atoms with Crippen molar-refractivity contribution in [2.24, 2.45) is 0 Å². The summed E-state index contributed by atoms with van der Waals surface area (Å²) in [6, 6.07) is 58.9. The van der Waals surface area contributed by atoms with Crippen LogP contribution < -0.4 is 4.90 Å². The first-order valence-electron chi connectivity index (χ1n) is 19.8. The Balaban J connectivity index is 1.33. The minimum absolute atomic E-state index is 0.108. The van der Waals surface area contributed by atoms with Crippen LogP contribution in [0.4, 0.5) is 17.1 Å². The summed E-state index contributed by atoms with van der Waals surface area (Å²) in [7, 11) is 0. The highest BCUT2D eigenvalue weighted by Gasteiger charge is 2.50. The monoisotopic (exact) mass is 709 g/mol. The topological polar surface area (TPSA) is 3.24 Å². The second kappa shape index (κ2) is 11.8. The van der Waals surface area contributed by atoms with Crippen LogP contribution in [0.15, 0.2) is 158 Å². The Morgan fingerprint density at radius 1 is 0.418 bits per heavy atom. The smallest absolute Gasteiger partial charge is 0.0556 e. The minimum atomic E-state index is -0.249. The second-order valence-corrected chi connectivity index (χ2v) is 17.8. The molecule has 2 aliphatic carbocycles. The van der Waals surface area contributed by atoms with E-state index >= 15 is 0 Å². The first-order valence-corrected chi connectivity index (χ1v) is 19.8. The number of hydrogen-bond donors (Lipinski definition) is 0. The highest BCUT2D eigenvalue weighted by atomic mass is 15.2. The fourth-order valence-corrected chi connectivity index (χ4v) is 10.1. The molecule has 0 unspecified atom stereocenters. The maximum absolute atomic E-state index is 2.61. The molecule has 0 fully saturated rings. The fraction of sp³-hybridized carbons (Fsp3) is 0.185. The molecule has 0 N–H and O–H groups in total. The number of benzene rings is 8. The van der Waals surface area contributed by atoms with E-state index in [1.54, 1.807) is 0 Å². The first kappa shape index (κ1) is 33.6. The zero-order chi connectivity index (χ0) is 37.9. The van der Waals surface area contributed by atoms with E-state index in [1.165, 1.54) is 94.1 Å². The number of fused-ring (bicyclic) bond motifs is 8. The van der Waals surface area contributed by atoms with Crippen molar-refractivity contribution in [2.45, 2.75) is 64.7 Å². The Kier molecular flexibility index (Phi) is 7.21. The van der Waals surface area contributed by atoms with E-state index in [-0.39, 0.29) is 16.2 Å². The molecule has 8 aromatic rings. The lowest BCUT2D eigenvalue weighted by Crippen LogP contribution is -2.27. The molecule has 0 aromatic heterocycles. The van der Waals surface area contributed by atoms with Crippen molar-refractivity contribution in [2.75, 3.05) is 4.90 Å². The summed E-state index contributed by atoms with van der Waals surface area (Å²) >= 11 is 0. The van der Waals surface area contributed by atoms with Crippen LogP contribution >= 0.6 is 0 Å². The van der Waals surface area contributed by atoms with E-state index in [0.717, 1.165) is 5.69 Å². The second-order valence-electron chi connectivity index (χ2n) is 17.8. The molecule has 2 aliphatic rings. The summed E-state index contributed by atoms with van der Waals surface area (Å²) in [5, 5.41) is 5.01. The maximum atomic E-state index is 2.61. The highest BCUT2D eigenvalue weighted by Crippen LogP contribution is 2.65. The predicted molar refractivity (Wildman–Crippen MR) is 235 cm³/mol. The third kappa shape index (κ3) is 4.92. The largest absolute Gasteiger partial charge is 0.310 e. The number of nitrogens with zero attached hydrogens (tertiary/aromatic N) is 1. The van der Waals surface area contributed by atoms with E-state index in [2.05, 4.69) is 211 Å². The summed E-state index contributed by atoms with van der Waals surface area (Å²) in [6.45, 7) is 17.1. The van der Waals surface area contributed by atoms with Gasteiger partial charge in [-0.05, 0) is 118 Å². The molecule has 0 saturated heterocycles. The lowest BCUT2D eigenvalue weighted by atomic mass is 9.71. The molecule has 0 radical (unpaired) electrons. The van der Waals surface area contributed by atoms with E-state index in [0.29, 0.717) is 0 Å². The third-order valence-corrected chi connectivity index (χ3v) is 12.6. The van der Waals surface area contributed by atoms with Gasteiger partial charge in [0.15, 0.2) is 0 Å². The molecule has 0 atom stereocenters. The number of hydrogen-bond acceptors (Lipinski definition) is 1. The van der Waals surface area contributed by atoms with Gasteiger partial charge >= 0.3 is 0 Å². The maximum Gasteiger partial charge on any atom is 0.0556 e. The van der Waals surface area contributed by atoms with Crippen LogP contribution in [-0.2, 0) is 16.2 Å². The Labute approximate surface area is 325 Å². The van der Waals surface area contributed by atoms with Gasteiger partial charge in [0, 0.05) is 22.2 Å². The van der Waals surface area contributed by atoms with Gasteiger partial charge in [-0.1, -0.05) is 176 Å². The van der Waals surface area contributed by atoms with Crippen molar-refractivity contribution in [3.8, 4) is 33.4 Å². The molecule has 268 valence electrons. The van der Waals surface area contributed by atoms with Crippen molar-refractivity contribution >= 4 is 38.6 Å². The molecule has 0 aliphatic heterocycles. The lowest BCUT2D eigenvalue weighted by molar-refractivity contribution is 0.587. The van der Waals surface area contributed by atoms with Gasteiger partial charge in [-0.15, -0.1) is 0 Å². The van der Waals surface area contributed by atoms with Crippen molar-refractivity contribution in [3.63, 3.8) is 0 Å². The van der Waals surface area contributed by atoms with E-state index in [9.17, 15) is 0 Å². The molecule has 0 bridgehead atoms. The van der Waals surface area contributed by atoms with Crippen LogP contribution in [0.2, 0.25) is 0 Å². The fourth-order valence-electron chi connectivity index (χ4n) is 10.1. The number of anilines is 3. The average Bonchev–Trinajstić information content (AvgIpc) is 3.57. The van der Waals surface area contributed by atoms with Gasteiger partial charge in [0.25, 0.3) is 0 Å². The summed E-state index contributed by atoms with van der Waals surface area (Å²) < 4.78 is 0. The molecule has 1 heteroatoms. The summed E-state index contributed by atoms with van der Waals surface area (Å²) in [4.78, 5) is 2.61. The Morgan fingerprint density at radius 3 is 1.40 bits per heavy atom. The summed E-state index contributed by atoms with van der Waals surface area (Å²) in [6.07, 6.45) is 0. The quantitative estimate of drug-likeness (QED) is 0.176. The van der Waals surface area contributed by atoms with Crippen molar-refractivity contribution in [1.29, 1.82) is 0 Å². The molecular weight excluding hydrogens is 663 g/mol. The van der Waals surface area contributed by atoms with Crippen LogP contribution in [0.25, 0.3) is 54.9 Å². The summed E-state index contributed by atoms with van der Waals surface area (Å²) in [5.41, 5.74) is 18.1. The molecule has 8 aromatic carbocycles.